The number of fused-ring (bicyclic) bond motifs is 1. The molecule has 3 rings (SSSR count). The van der Waals surface area contributed by atoms with Crippen molar-refractivity contribution in [1.82, 2.24) is 9.61 Å². The highest BCUT2D eigenvalue weighted by Gasteiger charge is 2.24. The smallest absolute Gasteiger partial charge is 0.340 e. The number of nitrogens with zero attached hydrogens (tertiary/aromatic N) is 3. The van der Waals surface area contributed by atoms with Gasteiger partial charge in [0.25, 0.3) is 0 Å². The van der Waals surface area contributed by atoms with Crippen molar-refractivity contribution in [3.8, 4) is 17.3 Å². The average molecular weight is 291 g/mol. The number of hydrogen-bond acceptors (Lipinski definition) is 3. The van der Waals surface area contributed by atoms with Crippen LogP contribution in [-0.2, 0) is 0 Å². The van der Waals surface area contributed by atoms with Gasteiger partial charge >= 0.3 is 5.97 Å². The van der Waals surface area contributed by atoms with Gasteiger partial charge in [0.2, 0.25) is 0 Å². The molecule has 1 N–H and O–H groups in total. The quantitative estimate of drug-likeness (QED) is 0.786. The summed E-state index contributed by atoms with van der Waals surface area (Å²) in [5.41, 5.74) is 3.38. The van der Waals surface area contributed by atoms with E-state index in [1.54, 1.807) is 6.92 Å². The number of nitriles is 1. The molecule has 2 aromatic heterocycles. The molecule has 108 valence electrons. The number of aromatic carboxylic acids is 1. The van der Waals surface area contributed by atoms with Gasteiger partial charge in [-0.2, -0.15) is 10.4 Å². The summed E-state index contributed by atoms with van der Waals surface area (Å²) >= 11 is 0. The molecular formula is C17H13N3O2. The topological polar surface area (TPSA) is 78.4 Å². The first kappa shape index (κ1) is 13.8. The maximum absolute atomic E-state index is 11.8. The fourth-order valence-electron chi connectivity index (χ4n) is 2.68. The molecule has 0 radical (unpaired) electrons. The van der Waals surface area contributed by atoms with Crippen molar-refractivity contribution in [3.63, 3.8) is 0 Å². The molecule has 0 unspecified atom stereocenters. The third-order valence-electron chi connectivity index (χ3n) is 3.65. The van der Waals surface area contributed by atoms with Gasteiger partial charge in [0, 0.05) is 11.3 Å². The number of hydrogen-bond donors (Lipinski definition) is 1. The number of rotatable bonds is 2. The molecule has 0 aliphatic carbocycles. The Bertz CT molecular complexity index is 934. The predicted molar refractivity (Wildman–Crippen MR) is 81.8 cm³/mol. The molecular weight excluding hydrogens is 278 g/mol. The lowest BCUT2D eigenvalue weighted by atomic mass is 10.0. The van der Waals surface area contributed by atoms with Crippen LogP contribution in [0.15, 0.2) is 36.4 Å². The summed E-state index contributed by atoms with van der Waals surface area (Å²) in [6.45, 7) is 3.64. The number of benzene rings is 1. The summed E-state index contributed by atoms with van der Waals surface area (Å²) in [6, 6.07) is 13.1. The summed E-state index contributed by atoms with van der Waals surface area (Å²) < 4.78 is 1.54. The number of aromatic nitrogens is 2. The lowest BCUT2D eigenvalue weighted by molar-refractivity contribution is 0.0700. The van der Waals surface area contributed by atoms with Gasteiger partial charge in [0.05, 0.1) is 11.1 Å². The van der Waals surface area contributed by atoms with E-state index in [9.17, 15) is 15.2 Å². The average Bonchev–Trinajstić information content (AvgIpc) is 2.89. The van der Waals surface area contributed by atoms with Crippen LogP contribution < -0.4 is 0 Å². The minimum absolute atomic E-state index is 0.0644. The molecule has 0 aliphatic heterocycles. The fourth-order valence-corrected chi connectivity index (χ4v) is 2.68. The van der Waals surface area contributed by atoms with Crippen LogP contribution in [0.25, 0.3) is 16.8 Å². The summed E-state index contributed by atoms with van der Waals surface area (Å²) in [4.78, 5) is 11.8. The second-order valence-corrected chi connectivity index (χ2v) is 5.11. The summed E-state index contributed by atoms with van der Waals surface area (Å²) in [6.07, 6.45) is 0. The Labute approximate surface area is 127 Å². The van der Waals surface area contributed by atoms with Gasteiger partial charge in [-0.25, -0.2) is 9.31 Å². The van der Waals surface area contributed by atoms with Gasteiger partial charge in [0.15, 0.2) is 0 Å². The van der Waals surface area contributed by atoms with Crippen molar-refractivity contribution >= 4 is 11.5 Å². The van der Waals surface area contributed by atoms with Crippen LogP contribution in [0.2, 0.25) is 0 Å². The van der Waals surface area contributed by atoms with E-state index in [0.717, 1.165) is 11.3 Å². The Morgan fingerprint density at radius 3 is 2.55 bits per heavy atom. The first-order chi connectivity index (χ1) is 10.5. The maximum Gasteiger partial charge on any atom is 0.340 e. The first-order valence-corrected chi connectivity index (χ1v) is 6.76. The van der Waals surface area contributed by atoms with Crippen LogP contribution in [0.1, 0.15) is 27.2 Å². The Morgan fingerprint density at radius 1 is 1.27 bits per heavy atom. The van der Waals surface area contributed by atoms with E-state index in [-0.39, 0.29) is 5.56 Å². The van der Waals surface area contributed by atoms with E-state index < -0.39 is 5.97 Å². The SMILES string of the molecule is Cc1cc(C)n2nc(-c3ccccc3)c(C(=O)O)c2c1C#N. The number of carboxylic acids is 1. The monoisotopic (exact) mass is 291 g/mol. The zero-order valence-corrected chi connectivity index (χ0v) is 12.2. The van der Waals surface area contributed by atoms with Crippen molar-refractivity contribution in [3.05, 3.63) is 58.8 Å². The third kappa shape index (κ3) is 1.93. The molecule has 5 nitrogen and oxygen atoms in total. The van der Waals surface area contributed by atoms with Crippen molar-refractivity contribution in [2.24, 2.45) is 0 Å². The molecule has 0 bridgehead atoms. The predicted octanol–water partition coefficient (Wildman–Crippen LogP) is 3.19. The van der Waals surface area contributed by atoms with Gasteiger partial charge in [-0.3, -0.25) is 0 Å². The standard InChI is InChI=1S/C17H13N3O2/c1-10-8-11(2)20-16(13(10)9-18)14(17(21)22)15(19-20)12-6-4-3-5-7-12/h3-8H,1-2H3,(H,21,22). The third-order valence-corrected chi connectivity index (χ3v) is 3.65. The van der Waals surface area contributed by atoms with Gasteiger partial charge < -0.3 is 5.11 Å². The normalized spacial score (nSPS) is 10.6. The molecule has 0 aliphatic rings. The van der Waals surface area contributed by atoms with Crippen LogP contribution >= 0.6 is 0 Å². The largest absolute Gasteiger partial charge is 0.478 e. The number of aryl methyl sites for hydroxylation is 2. The molecule has 3 aromatic rings. The fraction of sp³-hybridized carbons (Fsp3) is 0.118. The molecule has 0 amide bonds. The van der Waals surface area contributed by atoms with Gasteiger partial charge in [-0.15, -0.1) is 0 Å². The lowest BCUT2D eigenvalue weighted by Gasteiger charge is -2.05. The zero-order valence-electron chi connectivity index (χ0n) is 12.2. The van der Waals surface area contributed by atoms with Crippen molar-refractivity contribution in [2.45, 2.75) is 13.8 Å². The molecule has 0 saturated carbocycles. The zero-order chi connectivity index (χ0) is 15.9. The van der Waals surface area contributed by atoms with Gasteiger partial charge in [-0.1, -0.05) is 30.3 Å². The number of carboxylic acid groups (broad SMARTS) is 1. The summed E-state index contributed by atoms with van der Waals surface area (Å²) in [5, 5.41) is 23.5. The minimum Gasteiger partial charge on any atom is -0.478 e. The molecule has 22 heavy (non-hydrogen) atoms. The molecule has 0 spiro atoms. The van der Waals surface area contributed by atoms with E-state index in [2.05, 4.69) is 11.2 Å². The molecule has 5 heteroatoms. The van der Waals surface area contributed by atoms with E-state index in [4.69, 9.17) is 0 Å². The van der Waals surface area contributed by atoms with Gasteiger partial charge in [-0.05, 0) is 25.5 Å². The van der Waals surface area contributed by atoms with Crippen molar-refractivity contribution in [2.75, 3.05) is 0 Å². The van der Waals surface area contributed by atoms with E-state index in [1.165, 1.54) is 4.52 Å². The Kier molecular flexibility index (Phi) is 3.15. The Balaban J connectivity index is 2.51. The highest BCUT2D eigenvalue weighted by Crippen LogP contribution is 2.30. The van der Waals surface area contributed by atoms with Crippen LogP contribution in [0.4, 0.5) is 0 Å². The highest BCUT2D eigenvalue weighted by atomic mass is 16.4. The Hall–Kier alpha value is -3.13. The van der Waals surface area contributed by atoms with Crippen LogP contribution in [0.3, 0.4) is 0 Å². The molecule has 0 fully saturated rings. The summed E-state index contributed by atoms with van der Waals surface area (Å²) in [7, 11) is 0. The van der Waals surface area contributed by atoms with Crippen LogP contribution in [0.5, 0.6) is 0 Å². The van der Waals surface area contributed by atoms with E-state index in [0.29, 0.717) is 22.3 Å². The van der Waals surface area contributed by atoms with Crippen LogP contribution in [-0.4, -0.2) is 20.7 Å². The minimum atomic E-state index is -1.09. The maximum atomic E-state index is 11.8. The van der Waals surface area contributed by atoms with E-state index >= 15 is 0 Å². The number of pyridine rings is 1. The van der Waals surface area contributed by atoms with Crippen LogP contribution in [0, 0.1) is 25.2 Å². The van der Waals surface area contributed by atoms with E-state index in [1.807, 2.05) is 43.3 Å². The Morgan fingerprint density at radius 2 is 1.95 bits per heavy atom. The second kappa shape index (κ2) is 5.01. The lowest BCUT2D eigenvalue weighted by Crippen LogP contribution is -2.02. The number of carbonyl (C=O) groups is 1. The molecule has 1 aromatic carbocycles. The van der Waals surface area contributed by atoms with Crippen molar-refractivity contribution < 1.29 is 9.90 Å². The van der Waals surface area contributed by atoms with Gasteiger partial charge in [0.1, 0.15) is 17.3 Å². The first-order valence-electron chi connectivity index (χ1n) is 6.76. The highest BCUT2D eigenvalue weighted by molar-refractivity contribution is 6.04. The summed E-state index contributed by atoms with van der Waals surface area (Å²) in [5.74, 6) is -1.09. The molecule has 2 heterocycles. The molecule has 0 atom stereocenters. The van der Waals surface area contributed by atoms with Crippen molar-refractivity contribution in [1.29, 1.82) is 5.26 Å². The second-order valence-electron chi connectivity index (χ2n) is 5.11. The molecule has 0 saturated heterocycles.